The number of rotatable bonds is 7. The zero-order valence-electron chi connectivity index (χ0n) is 18.1. The zero-order valence-corrected chi connectivity index (χ0v) is 19.7. The Kier molecular flexibility index (Phi) is 6.37. The van der Waals surface area contributed by atoms with Crippen LogP contribution in [0.2, 0.25) is 0 Å². The number of aromatic nitrogens is 2. The van der Waals surface area contributed by atoms with Gasteiger partial charge in [-0.05, 0) is 59.7 Å². The average molecular weight is 478 g/mol. The van der Waals surface area contributed by atoms with Crippen molar-refractivity contribution in [2.45, 2.75) is 18.8 Å². The smallest absolute Gasteiger partial charge is 0.258 e. The second-order valence-electron chi connectivity index (χ2n) is 7.54. The number of nitrogens with one attached hydrogen (secondary N) is 1. The molecule has 0 fully saturated rings. The van der Waals surface area contributed by atoms with Crippen molar-refractivity contribution in [3.05, 3.63) is 88.8 Å². The van der Waals surface area contributed by atoms with Gasteiger partial charge in [0, 0.05) is 47.2 Å². The molecular weight excluding hydrogens is 454 g/mol. The molecule has 0 aliphatic carbocycles. The second-order valence-corrected chi connectivity index (χ2v) is 9.73. The highest BCUT2D eigenvalue weighted by molar-refractivity contribution is 7.98. The van der Waals surface area contributed by atoms with E-state index in [4.69, 9.17) is 9.47 Å². The summed E-state index contributed by atoms with van der Waals surface area (Å²) < 4.78 is 13.5. The predicted octanol–water partition coefficient (Wildman–Crippen LogP) is 5.56. The lowest BCUT2D eigenvalue weighted by molar-refractivity contribution is 0.102. The van der Waals surface area contributed by atoms with Gasteiger partial charge in [0.05, 0.1) is 12.7 Å². The van der Waals surface area contributed by atoms with Crippen LogP contribution in [0, 0.1) is 0 Å². The summed E-state index contributed by atoms with van der Waals surface area (Å²) in [6.07, 6.45) is 8.34. The number of fused-ring (bicyclic) bond motifs is 1. The molecule has 3 aromatic heterocycles. The minimum absolute atomic E-state index is 0.103. The molecule has 1 aliphatic heterocycles. The molecule has 4 heterocycles. The molecule has 4 aromatic rings. The summed E-state index contributed by atoms with van der Waals surface area (Å²) in [6, 6.07) is 13.2. The highest BCUT2D eigenvalue weighted by Crippen LogP contribution is 2.39. The number of thioether (sulfide) groups is 1. The van der Waals surface area contributed by atoms with Gasteiger partial charge in [-0.1, -0.05) is 0 Å². The van der Waals surface area contributed by atoms with Gasteiger partial charge in [0.2, 0.25) is 0 Å². The summed E-state index contributed by atoms with van der Waals surface area (Å²) in [5.41, 5.74) is 3.60. The van der Waals surface area contributed by atoms with Crippen molar-refractivity contribution in [1.82, 2.24) is 9.55 Å². The lowest BCUT2D eigenvalue weighted by Crippen LogP contribution is -2.16. The van der Waals surface area contributed by atoms with Gasteiger partial charge in [0.15, 0.2) is 11.5 Å². The average Bonchev–Trinajstić information content (AvgIpc) is 3.51. The number of hydrogen-bond acceptors (Lipinski definition) is 6. The number of thiophene rings is 1. The fraction of sp³-hybridized carbons (Fsp3) is 0.200. The van der Waals surface area contributed by atoms with Gasteiger partial charge in [-0.15, -0.1) is 11.3 Å². The van der Waals surface area contributed by atoms with Crippen LogP contribution in [0.1, 0.15) is 26.4 Å². The lowest BCUT2D eigenvalue weighted by Gasteiger charge is -2.15. The molecular formula is C25H23N3O3S2. The van der Waals surface area contributed by atoms with Crippen molar-refractivity contribution in [1.29, 1.82) is 0 Å². The molecule has 0 spiro atoms. The van der Waals surface area contributed by atoms with Gasteiger partial charge in [-0.3, -0.25) is 9.78 Å². The molecule has 0 bridgehead atoms. The molecule has 0 unspecified atom stereocenters. The number of amides is 1. The molecule has 0 atom stereocenters. The molecule has 6 nitrogen and oxygen atoms in total. The van der Waals surface area contributed by atoms with E-state index in [1.165, 1.54) is 10.4 Å². The third-order valence-electron chi connectivity index (χ3n) is 5.43. The maximum absolute atomic E-state index is 13.5. The van der Waals surface area contributed by atoms with Crippen LogP contribution in [0.25, 0.3) is 5.00 Å². The fourth-order valence-corrected chi connectivity index (χ4v) is 6.25. The number of benzene rings is 1. The highest BCUT2D eigenvalue weighted by Gasteiger charge is 2.26. The Bertz CT molecular complexity index is 1250. The summed E-state index contributed by atoms with van der Waals surface area (Å²) >= 11 is 3.62. The molecule has 1 aliphatic rings. The van der Waals surface area contributed by atoms with Crippen LogP contribution >= 0.6 is 23.1 Å². The van der Waals surface area contributed by atoms with E-state index in [0.717, 1.165) is 34.1 Å². The minimum atomic E-state index is -0.103. The monoisotopic (exact) mass is 477 g/mol. The molecule has 0 saturated carbocycles. The second kappa shape index (κ2) is 9.72. The van der Waals surface area contributed by atoms with E-state index in [9.17, 15) is 4.79 Å². The molecule has 1 amide bonds. The van der Waals surface area contributed by atoms with E-state index in [2.05, 4.69) is 10.3 Å². The molecule has 33 heavy (non-hydrogen) atoms. The Morgan fingerprint density at radius 1 is 1.15 bits per heavy atom. The Hall–Kier alpha value is -3.23. The van der Waals surface area contributed by atoms with Crippen LogP contribution in [0.15, 0.2) is 67.3 Å². The molecule has 0 radical (unpaired) electrons. The standard InChI is InChI=1S/C25H23N3O3S2/c1-30-20-5-4-18(14-21(20)31-15-17-6-9-26-10-7-17)27-24(29)23-19-8-13-32-16-22(19)33-25(23)28-11-2-3-12-28/h2-7,9-12,14H,8,13,15-16H2,1H3,(H,27,29). The number of anilines is 1. The van der Waals surface area contributed by atoms with Crippen LogP contribution < -0.4 is 14.8 Å². The summed E-state index contributed by atoms with van der Waals surface area (Å²) in [4.78, 5) is 18.8. The van der Waals surface area contributed by atoms with E-state index in [0.29, 0.717) is 23.8 Å². The Labute approximate surface area is 200 Å². The summed E-state index contributed by atoms with van der Waals surface area (Å²) in [5, 5.41) is 4.05. The van der Waals surface area contributed by atoms with Crippen molar-refractivity contribution in [2.24, 2.45) is 0 Å². The Balaban J connectivity index is 1.42. The zero-order chi connectivity index (χ0) is 22.6. The number of ether oxygens (including phenoxy) is 2. The lowest BCUT2D eigenvalue weighted by atomic mass is 10.1. The number of nitrogens with zero attached hydrogens (tertiary/aromatic N) is 2. The van der Waals surface area contributed by atoms with Crippen molar-refractivity contribution < 1.29 is 14.3 Å². The summed E-state index contributed by atoms with van der Waals surface area (Å²) in [7, 11) is 1.60. The molecule has 1 N–H and O–H groups in total. The third-order valence-corrected chi connectivity index (χ3v) is 7.85. The third kappa shape index (κ3) is 4.62. The van der Waals surface area contributed by atoms with E-state index in [-0.39, 0.29) is 5.91 Å². The van der Waals surface area contributed by atoms with Gasteiger partial charge in [-0.2, -0.15) is 11.8 Å². The molecule has 0 saturated heterocycles. The van der Waals surface area contributed by atoms with E-state index in [1.807, 2.05) is 71.2 Å². The molecule has 5 rings (SSSR count). The van der Waals surface area contributed by atoms with Crippen molar-refractivity contribution in [2.75, 3.05) is 18.2 Å². The van der Waals surface area contributed by atoms with Crippen LogP contribution in [0.4, 0.5) is 5.69 Å². The Morgan fingerprint density at radius 3 is 2.76 bits per heavy atom. The molecule has 1 aromatic carbocycles. The normalized spacial score (nSPS) is 12.8. The van der Waals surface area contributed by atoms with E-state index in [1.54, 1.807) is 30.8 Å². The van der Waals surface area contributed by atoms with Crippen LogP contribution in [-0.4, -0.2) is 28.3 Å². The van der Waals surface area contributed by atoms with Crippen LogP contribution in [0.5, 0.6) is 11.5 Å². The molecule has 8 heteroatoms. The van der Waals surface area contributed by atoms with Crippen molar-refractivity contribution >= 4 is 34.7 Å². The fourth-order valence-electron chi connectivity index (χ4n) is 3.80. The first-order valence-corrected chi connectivity index (χ1v) is 12.6. The van der Waals surface area contributed by atoms with Crippen molar-refractivity contribution in [3.63, 3.8) is 0 Å². The van der Waals surface area contributed by atoms with Gasteiger partial charge in [0.1, 0.15) is 11.6 Å². The molecule has 168 valence electrons. The number of carbonyl (C=O) groups is 1. The first kappa shape index (κ1) is 21.6. The SMILES string of the molecule is COc1ccc(NC(=O)c2c(-n3cccc3)sc3c2CCSC3)cc1OCc1ccncc1. The maximum atomic E-state index is 13.5. The van der Waals surface area contributed by atoms with Crippen LogP contribution in [-0.2, 0) is 18.8 Å². The van der Waals surface area contributed by atoms with Gasteiger partial charge < -0.3 is 19.4 Å². The predicted molar refractivity (Wildman–Crippen MR) is 133 cm³/mol. The minimum Gasteiger partial charge on any atom is -0.493 e. The van der Waals surface area contributed by atoms with Crippen molar-refractivity contribution in [3.8, 4) is 16.5 Å². The number of pyridine rings is 1. The summed E-state index contributed by atoms with van der Waals surface area (Å²) in [5.74, 6) is 3.07. The Morgan fingerprint density at radius 2 is 1.97 bits per heavy atom. The number of hydrogen-bond donors (Lipinski definition) is 1. The summed E-state index contributed by atoms with van der Waals surface area (Å²) in [6.45, 7) is 0.379. The number of carbonyl (C=O) groups excluding carboxylic acids is 1. The van der Waals surface area contributed by atoms with Gasteiger partial charge in [0.25, 0.3) is 5.91 Å². The topological polar surface area (TPSA) is 65.4 Å². The number of methoxy groups -OCH3 is 1. The maximum Gasteiger partial charge on any atom is 0.258 e. The van der Waals surface area contributed by atoms with Gasteiger partial charge in [-0.25, -0.2) is 0 Å². The van der Waals surface area contributed by atoms with Gasteiger partial charge >= 0.3 is 0 Å². The van der Waals surface area contributed by atoms with E-state index < -0.39 is 0 Å². The van der Waals surface area contributed by atoms with Crippen LogP contribution in [0.3, 0.4) is 0 Å². The largest absolute Gasteiger partial charge is 0.493 e. The first-order chi connectivity index (χ1) is 16.2. The highest BCUT2D eigenvalue weighted by atomic mass is 32.2. The quantitative estimate of drug-likeness (QED) is 0.377. The first-order valence-electron chi connectivity index (χ1n) is 10.6. The van der Waals surface area contributed by atoms with E-state index >= 15 is 0 Å².